The second kappa shape index (κ2) is 8.28. The maximum atomic E-state index is 12.7. The van der Waals surface area contributed by atoms with Gasteiger partial charge in [0.2, 0.25) is 18.3 Å². The number of benzene rings is 1. The van der Waals surface area contributed by atoms with Gasteiger partial charge in [0.25, 0.3) is 0 Å². The monoisotopic (exact) mass is 432 g/mol. The largest absolute Gasteiger partial charge is 0.534 e. The smallest absolute Gasteiger partial charge is 0.464 e. The van der Waals surface area contributed by atoms with Crippen molar-refractivity contribution in [1.29, 1.82) is 0 Å². The number of hydrogen-bond acceptors (Lipinski definition) is 10. The Balaban J connectivity index is 2.60. The van der Waals surface area contributed by atoms with Crippen LogP contribution < -0.4 is 18.4 Å². The number of fused-ring (bicyclic) bond motifs is 1. The van der Waals surface area contributed by atoms with Crippen molar-refractivity contribution in [2.45, 2.75) is 18.5 Å². The van der Waals surface area contributed by atoms with E-state index in [0.29, 0.717) is 0 Å². The average Bonchev–Trinajstić information content (AvgIpc) is 3.09. The highest BCUT2D eigenvalue weighted by Crippen LogP contribution is 2.52. The minimum atomic E-state index is -6.09. The summed E-state index contributed by atoms with van der Waals surface area (Å²) >= 11 is 0. The molecule has 1 aliphatic heterocycles. The number of alkyl halides is 3. The van der Waals surface area contributed by atoms with Crippen LogP contribution in [0.15, 0.2) is 6.07 Å². The summed E-state index contributed by atoms with van der Waals surface area (Å²) in [6.07, 6.45) is -1.92. The first-order chi connectivity index (χ1) is 13.0. The van der Waals surface area contributed by atoms with E-state index in [4.69, 9.17) is 14.2 Å². The molecule has 0 saturated heterocycles. The Bertz CT molecular complexity index is 837. The average molecular weight is 432 g/mol. The van der Waals surface area contributed by atoms with Gasteiger partial charge in [-0.05, 0) is 13.0 Å². The van der Waals surface area contributed by atoms with Crippen LogP contribution in [0, 0.1) is 0 Å². The molecule has 0 aromatic heterocycles. The zero-order valence-corrected chi connectivity index (χ0v) is 15.3. The van der Waals surface area contributed by atoms with E-state index in [1.807, 2.05) is 0 Å². The van der Waals surface area contributed by atoms with E-state index in [-0.39, 0.29) is 12.2 Å². The normalized spacial score (nSPS) is 14.5. The first-order valence-corrected chi connectivity index (χ1v) is 8.88. The Morgan fingerprint density at radius 1 is 1.32 bits per heavy atom. The fraction of sp³-hybridized carbons (Fsp3) is 0.500. The van der Waals surface area contributed by atoms with Crippen LogP contribution >= 0.6 is 0 Å². The van der Waals surface area contributed by atoms with E-state index < -0.39 is 64.3 Å². The molecular formula is C14H15F3O10S. The van der Waals surface area contributed by atoms with Crippen LogP contribution in [0.3, 0.4) is 0 Å². The highest BCUT2D eigenvalue weighted by molar-refractivity contribution is 7.88. The minimum absolute atomic E-state index is 0.0620. The number of esters is 1. The van der Waals surface area contributed by atoms with Gasteiger partial charge < -0.3 is 33.0 Å². The van der Waals surface area contributed by atoms with Gasteiger partial charge in [0.15, 0.2) is 24.4 Å². The van der Waals surface area contributed by atoms with Crippen molar-refractivity contribution < 1.29 is 59.4 Å². The van der Waals surface area contributed by atoms with Gasteiger partial charge in [-0.1, -0.05) is 0 Å². The molecule has 1 aromatic rings. The number of rotatable bonds is 8. The minimum Gasteiger partial charge on any atom is -0.464 e. The molecule has 0 saturated carbocycles. The Morgan fingerprint density at radius 2 is 1.96 bits per heavy atom. The number of carbonyl (C=O) groups excluding carboxylic acids is 1. The second-order valence-electron chi connectivity index (χ2n) is 5.05. The lowest BCUT2D eigenvalue weighted by Crippen LogP contribution is -2.28. The summed E-state index contributed by atoms with van der Waals surface area (Å²) in [5.41, 5.74) is -6.03. The highest BCUT2D eigenvalue weighted by Gasteiger charge is 2.50. The van der Waals surface area contributed by atoms with Gasteiger partial charge >= 0.3 is 21.6 Å². The van der Waals surface area contributed by atoms with Crippen molar-refractivity contribution in [1.82, 2.24) is 0 Å². The quantitative estimate of drug-likeness (QED) is 0.277. The van der Waals surface area contributed by atoms with E-state index >= 15 is 0 Å². The van der Waals surface area contributed by atoms with Gasteiger partial charge in [0.05, 0.1) is 6.61 Å². The molecule has 1 unspecified atom stereocenters. The summed E-state index contributed by atoms with van der Waals surface area (Å²) in [6.45, 7) is 0.346. The van der Waals surface area contributed by atoms with E-state index in [1.54, 1.807) is 0 Å². The second-order valence-corrected chi connectivity index (χ2v) is 6.58. The van der Waals surface area contributed by atoms with E-state index in [2.05, 4.69) is 13.7 Å². The standard InChI is InChI=1S/C14H15F3O10S/c1-3-23-13(19)9(18)7-4-8(24-5-22-2)11(12-10(7)25-6-26-12)27-28(20,21)14(15,16)17/h4,9,18H,3,5-6H2,1-2H3. The molecule has 14 heteroatoms. The van der Waals surface area contributed by atoms with Gasteiger partial charge in [0.1, 0.15) is 0 Å². The van der Waals surface area contributed by atoms with E-state index in [0.717, 1.165) is 6.07 Å². The van der Waals surface area contributed by atoms with Gasteiger partial charge in [-0.3, -0.25) is 0 Å². The lowest BCUT2D eigenvalue weighted by atomic mass is 10.1. The molecule has 28 heavy (non-hydrogen) atoms. The number of aliphatic hydroxyl groups excluding tert-OH is 1. The van der Waals surface area contributed by atoms with Gasteiger partial charge in [-0.25, -0.2) is 4.79 Å². The summed E-state index contributed by atoms with van der Waals surface area (Å²) < 4.78 is 89.4. The van der Waals surface area contributed by atoms with Crippen molar-refractivity contribution in [3.05, 3.63) is 11.6 Å². The Hall–Kier alpha value is -2.45. The highest BCUT2D eigenvalue weighted by atomic mass is 32.2. The van der Waals surface area contributed by atoms with Crippen molar-refractivity contribution in [3.8, 4) is 23.0 Å². The molecule has 0 aliphatic carbocycles. The van der Waals surface area contributed by atoms with Crippen LogP contribution in [0.1, 0.15) is 18.6 Å². The van der Waals surface area contributed by atoms with Crippen molar-refractivity contribution in [3.63, 3.8) is 0 Å². The molecule has 2 rings (SSSR count). The Kier molecular flexibility index (Phi) is 6.46. The third kappa shape index (κ3) is 4.34. The van der Waals surface area contributed by atoms with Gasteiger partial charge in [-0.15, -0.1) is 0 Å². The molecule has 0 radical (unpaired) electrons. The van der Waals surface area contributed by atoms with Crippen LogP contribution in [-0.2, 0) is 24.4 Å². The van der Waals surface area contributed by atoms with Gasteiger partial charge in [0, 0.05) is 12.7 Å². The zero-order valence-electron chi connectivity index (χ0n) is 14.4. The lowest BCUT2D eigenvalue weighted by molar-refractivity contribution is -0.153. The fourth-order valence-electron chi connectivity index (χ4n) is 2.06. The van der Waals surface area contributed by atoms with E-state index in [1.165, 1.54) is 14.0 Å². The molecule has 0 spiro atoms. The summed E-state index contributed by atoms with van der Waals surface area (Å²) in [5.74, 6) is -3.70. The molecule has 158 valence electrons. The number of methoxy groups -OCH3 is 1. The van der Waals surface area contributed by atoms with Crippen LogP contribution in [0.25, 0.3) is 0 Å². The van der Waals surface area contributed by atoms with Crippen molar-refractivity contribution in [2.24, 2.45) is 0 Å². The zero-order chi connectivity index (χ0) is 21.1. The molecule has 0 bridgehead atoms. The number of carbonyl (C=O) groups is 1. The number of hydrogen-bond donors (Lipinski definition) is 1. The van der Waals surface area contributed by atoms with Crippen LogP contribution in [-0.4, -0.2) is 52.3 Å². The van der Waals surface area contributed by atoms with E-state index in [9.17, 15) is 31.5 Å². The summed E-state index contributed by atoms with van der Waals surface area (Å²) in [4.78, 5) is 11.8. The number of halogens is 3. The Labute approximate surface area is 156 Å². The molecule has 1 atom stereocenters. The predicted octanol–water partition coefficient (Wildman–Crippen LogP) is 1.22. The number of aliphatic hydroxyl groups is 1. The fourth-order valence-corrected chi connectivity index (χ4v) is 2.53. The number of ether oxygens (including phenoxy) is 5. The molecule has 1 N–H and O–H groups in total. The molecule has 0 amide bonds. The Morgan fingerprint density at radius 3 is 2.54 bits per heavy atom. The first-order valence-electron chi connectivity index (χ1n) is 7.47. The third-order valence-electron chi connectivity index (χ3n) is 3.20. The molecule has 1 aromatic carbocycles. The topological polar surface area (TPSA) is 127 Å². The summed E-state index contributed by atoms with van der Waals surface area (Å²) in [6, 6.07) is 0.856. The summed E-state index contributed by atoms with van der Waals surface area (Å²) in [5, 5.41) is 10.2. The molecule has 10 nitrogen and oxygen atoms in total. The molecule has 1 aliphatic rings. The van der Waals surface area contributed by atoms with Crippen LogP contribution in [0.5, 0.6) is 23.0 Å². The maximum absolute atomic E-state index is 12.7. The lowest BCUT2D eigenvalue weighted by Gasteiger charge is -2.18. The summed E-state index contributed by atoms with van der Waals surface area (Å²) in [7, 11) is -4.90. The molecule has 0 fully saturated rings. The predicted molar refractivity (Wildman–Crippen MR) is 82.3 cm³/mol. The molecule has 1 heterocycles. The van der Waals surface area contributed by atoms with Crippen molar-refractivity contribution >= 4 is 16.1 Å². The first kappa shape index (κ1) is 21.8. The van der Waals surface area contributed by atoms with Crippen LogP contribution in [0.4, 0.5) is 13.2 Å². The molecular weight excluding hydrogens is 417 g/mol. The SMILES string of the molecule is CCOC(=O)C(O)c1cc(OCOC)c(OS(=O)(=O)C(F)(F)F)c2c1OCO2. The van der Waals surface area contributed by atoms with Crippen LogP contribution in [0.2, 0.25) is 0 Å². The van der Waals surface area contributed by atoms with Gasteiger partial charge in [-0.2, -0.15) is 21.6 Å². The van der Waals surface area contributed by atoms with Crippen molar-refractivity contribution in [2.75, 3.05) is 27.3 Å². The maximum Gasteiger partial charge on any atom is 0.534 e. The third-order valence-corrected chi connectivity index (χ3v) is 4.16.